The van der Waals surface area contributed by atoms with Crippen LogP contribution in [0.2, 0.25) is 5.04 Å². The lowest BCUT2D eigenvalue weighted by molar-refractivity contribution is -0.329. The molecule has 2 aromatic carbocycles. The smallest absolute Gasteiger partial charge is 0.261 e. The Morgan fingerprint density at radius 3 is 2.06 bits per heavy atom. The summed E-state index contributed by atoms with van der Waals surface area (Å²) in [6.45, 7) is 13.0. The van der Waals surface area contributed by atoms with Crippen molar-refractivity contribution < 1.29 is 13.9 Å². The molecule has 0 aliphatic carbocycles. The summed E-state index contributed by atoms with van der Waals surface area (Å²) in [4.78, 5) is 0. The number of rotatable bonds is 5. The third-order valence-corrected chi connectivity index (χ3v) is 12.7. The zero-order valence-corrected chi connectivity index (χ0v) is 21.5. The molecule has 2 aromatic rings. The maximum Gasteiger partial charge on any atom is 0.261 e. The molecule has 2 saturated heterocycles. The predicted octanol–water partition coefficient (Wildman–Crippen LogP) is 5.52. The van der Waals surface area contributed by atoms with E-state index in [0.717, 1.165) is 25.9 Å². The molecule has 0 bridgehead atoms. The second-order valence-electron chi connectivity index (χ2n) is 10.9. The van der Waals surface area contributed by atoms with E-state index in [1.54, 1.807) is 0 Å². The van der Waals surface area contributed by atoms with Crippen LogP contribution < -0.4 is 10.4 Å². The zero-order valence-electron chi connectivity index (χ0n) is 20.5. The quantitative estimate of drug-likeness (QED) is 0.559. The summed E-state index contributed by atoms with van der Waals surface area (Å²) in [5.41, 5.74) is 0. The van der Waals surface area contributed by atoms with Crippen LogP contribution in [0.4, 0.5) is 0 Å². The Labute approximate surface area is 195 Å². The molecule has 1 spiro atoms. The van der Waals surface area contributed by atoms with Crippen LogP contribution in [0.15, 0.2) is 60.7 Å². The van der Waals surface area contributed by atoms with E-state index in [9.17, 15) is 0 Å². The molecule has 174 valence electrons. The maximum atomic E-state index is 7.20. The molecule has 0 radical (unpaired) electrons. The second kappa shape index (κ2) is 9.42. The van der Waals surface area contributed by atoms with Crippen LogP contribution in [0.3, 0.4) is 0 Å². The van der Waals surface area contributed by atoms with Crippen LogP contribution in [0.1, 0.15) is 60.3 Å². The van der Waals surface area contributed by atoms with E-state index in [1.165, 1.54) is 16.8 Å². The minimum atomic E-state index is -2.56. The monoisotopic (exact) mass is 452 g/mol. The van der Waals surface area contributed by atoms with Gasteiger partial charge in [0.1, 0.15) is 0 Å². The van der Waals surface area contributed by atoms with Crippen molar-refractivity contribution in [1.29, 1.82) is 0 Å². The molecule has 0 amide bonds. The van der Waals surface area contributed by atoms with Crippen molar-refractivity contribution in [2.75, 3.05) is 13.2 Å². The van der Waals surface area contributed by atoms with E-state index in [4.69, 9.17) is 13.9 Å². The molecular formula is C28H40O3Si. The van der Waals surface area contributed by atoms with E-state index in [2.05, 4.69) is 95.3 Å². The lowest BCUT2D eigenvalue weighted by atomic mass is 9.83. The highest BCUT2D eigenvalue weighted by Crippen LogP contribution is 2.43. The SMILES string of the molecule is C[C@@H]1CCCO[C@]12CC[C@H](C)[C@@H](CO[Si](c1ccccc1)(c1ccccc1)C(C)(C)C)O2. The van der Waals surface area contributed by atoms with Crippen molar-refractivity contribution in [3.63, 3.8) is 0 Å². The summed E-state index contributed by atoms with van der Waals surface area (Å²) in [7, 11) is -2.56. The van der Waals surface area contributed by atoms with Crippen LogP contribution in [0.5, 0.6) is 0 Å². The minimum absolute atomic E-state index is 0.0278. The van der Waals surface area contributed by atoms with Gasteiger partial charge in [-0.1, -0.05) is 95.3 Å². The number of hydrogen-bond acceptors (Lipinski definition) is 3. The molecule has 32 heavy (non-hydrogen) atoms. The number of hydrogen-bond donors (Lipinski definition) is 0. The van der Waals surface area contributed by atoms with Gasteiger partial charge >= 0.3 is 0 Å². The van der Waals surface area contributed by atoms with Gasteiger partial charge in [0.15, 0.2) is 5.79 Å². The average Bonchev–Trinajstić information content (AvgIpc) is 2.79. The lowest BCUT2D eigenvalue weighted by Gasteiger charge is -2.50. The highest BCUT2D eigenvalue weighted by atomic mass is 28.4. The van der Waals surface area contributed by atoms with Crippen molar-refractivity contribution in [3.8, 4) is 0 Å². The van der Waals surface area contributed by atoms with Crippen molar-refractivity contribution >= 4 is 18.7 Å². The Morgan fingerprint density at radius 2 is 1.53 bits per heavy atom. The topological polar surface area (TPSA) is 27.7 Å². The zero-order chi connectivity index (χ0) is 22.8. The van der Waals surface area contributed by atoms with Gasteiger partial charge in [-0.05, 0) is 40.6 Å². The fourth-order valence-corrected chi connectivity index (χ4v) is 10.2. The molecule has 2 aliphatic rings. The third-order valence-electron chi connectivity index (χ3n) is 7.69. The molecule has 0 aromatic heterocycles. The van der Waals surface area contributed by atoms with Crippen molar-refractivity contribution in [2.24, 2.45) is 11.8 Å². The van der Waals surface area contributed by atoms with E-state index >= 15 is 0 Å². The summed E-state index contributed by atoms with van der Waals surface area (Å²) in [5.74, 6) is 0.459. The van der Waals surface area contributed by atoms with Crippen LogP contribution in [-0.4, -0.2) is 33.4 Å². The second-order valence-corrected chi connectivity index (χ2v) is 15.2. The normalized spacial score (nSPS) is 29.2. The van der Waals surface area contributed by atoms with Crippen molar-refractivity contribution in [2.45, 2.75) is 77.2 Å². The van der Waals surface area contributed by atoms with Gasteiger partial charge in [0.05, 0.1) is 19.3 Å². The molecule has 4 heteroatoms. The van der Waals surface area contributed by atoms with Gasteiger partial charge in [-0.25, -0.2) is 0 Å². The number of benzene rings is 2. The third kappa shape index (κ3) is 4.35. The van der Waals surface area contributed by atoms with Gasteiger partial charge in [0.25, 0.3) is 8.32 Å². The van der Waals surface area contributed by atoms with Gasteiger partial charge in [0.2, 0.25) is 0 Å². The first-order valence-electron chi connectivity index (χ1n) is 12.4. The molecule has 4 rings (SSSR count). The molecule has 2 aliphatic heterocycles. The molecular weight excluding hydrogens is 412 g/mol. The van der Waals surface area contributed by atoms with E-state index in [0.29, 0.717) is 18.4 Å². The maximum absolute atomic E-state index is 7.20. The Morgan fingerprint density at radius 1 is 0.938 bits per heavy atom. The highest BCUT2D eigenvalue weighted by Gasteiger charge is 2.52. The Balaban J connectivity index is 1.67. The van der Waals surface area contributed by atoms with Crippen LogP contribution in [-0.2, 0) is 13.9 Å². The van der Waals surface area contributed by atoms with E-state index in [-0.39, 0.29) is 11.1 Å². The largest absolute Gasteiger partial charge is 0.405 e. The molecule has 0 saturated carbocycles. The standard InChI is InChI=1S/C28H40O3Si/c1-22-18-19-28(23(2)13-12-20-29-28)31-26(22)21-30-32(27(3,4)5,24-14-8-6-9-15-24)25-16-10-7-11-17-25/h6-11,14-17,22-23,26H,12-13,18-21H2,1-5H3/t22-,23+,26+,28-/m0/s1. The van der Waals surface area contributed by atoms with Gasteiger partial charge < -0.3 is 13.9 Å². The fraction of sp³-hybridized carbons (Fsp3) is 0.571. The van der Waals surface area contributed by atoms with E-state index < -0.39 is 14.1 Å². The Bertz CT molecular complexity index is 824. The molecule has 3 nitrogen and oxygen atoms in total. The molecule has 2 fully saturated rings. The Kier molecular flexibility index (Phi) is 6.97. The van der Waals surface area contributed by atoms with Crippen molar-refractivity contribution in [1.82, 2.24) is 0 Å². The van der Waals surface area contributed by atoms with Gasteiger partial charge in [0, 0.05) is 12.3 Å². The molecule has 0 unspecified atom stereocenters. The summed E-state index contributed by atoms with van der Waals surface area (Å²) in [6, 6.07) is 21.8. The van der Waals surface area contributed by atoms with Crippen LogP contribution >= 0.6 is 0 Å². The predicted molar refractivity (Wildman–Crippen MR) is 134 cm³/mol. The summed E-state index contributed by atoms with van der Waals surface area (Å²) in [5, 5.41) is 2.61. The van der Waals surface area contributed by atoms with Gasteiger partial charge in [-0.3, -0.25) is 0 Å². The summed E-state index contributed by atoms with van der Waals surface area (Å²) < 4.78 is 20.3. The summed E-state index contributed by atoms with van der Waals surface area (Å²) >= 11 is 0. The Hall–Kier alpha value is -1.46. The van der Waals surface area contributed by atoms with E-state index in [1.807, 2.05) is 0 Å². The first-order chi connectivity index (χ1) is 15.3. The van der Waals surface area contributed by atoms with Gasteiger partial charge in [-0.2, -0.15) is 0 Å². The molecule has 2 heterocycles. The highest BCUT2D eigenvalue weighted by molar-refractivity contribution is 6.99. The first-order valence-corrected chi connectivity index (χ1v) is 14.3. The fourth-order valence-electron chi connectivity index (χ4n) is 5.68. The van der Waals surface area contributed by atoms with Gasteiger partial charge in [-0.15, -0.1) is 0 Å². The average molecular weight is 453 g/mol. The minimum Gasteiger partial charge on any atom is -0.405 e. The summed E-state index contributed by atoms with van der Waals surface area (Å²) in [6.07, 6.45) is 4.47. The van der Waals surface area contributed by atoms with Crippen LogP contribution in [0, 0.1) is 11.8 Å². The van der Waals surface area contributed by atoms with Crippen LogP contribution in [0.25, 0.3) is 0 Å². The lowest BCUT2D eigenvalue weighted by Crippen LogP contribution is -2.67. The van der Waals surface area contributed by atoms with Crippen molar-refractivity contribution in [3.05, 3.63) is 60.7 Å². The molecule has 4 atom stereocenters. The number of ether oxygens (including phenoxy) is 2. The molecule has 0 N–H and O–H groups in total. The first kappa shape index (κ1) is 23.7.